The van der Waals surface area contributed by atoms with Gasteiger partial charge in [0.05, 0.1) is 5.69 Å². The third-order valence-corrected chi connectivity index (χ3v) is 5.51. The molecule has 0 aromatic heterocycles. The Hall–Kier alpha value is -2.52. The Morgan fingerprint density at radius 1 is 1.30 bits per heavy atom. The second kappa shape index (κ2) is 9.99. The summed E-state index contributed by atoms with van der Waals surface area (Å²) in [5.41, 5.74) is 7.57. The predicted molar refractivity (Wildman–Crippen MR) is 111 cm³/mol. The summed E-state index contributed by atoms with van der Waals surface area (Å²) < 4.78 is 14.2. The number of hydrogen-bond donors (Lipinski definition) is 3. The zero-order valence-corrected chi connectivity index (χ0v) is 17.5. The van der Waals surface area contributed by atoms with Gasteiger partial charge in [0.2, 0.25) is 11.8 Å². The molecule has 1 aromatic carbocycles. The summed E-state index contributed by atoms with van der Waals surface area (Å²) in [6.45, 7) is 3.43. The molecule has 30 heavy (non-hydrogen) atoms. The Morgan fingerprint density at radius 3 is 2.73 bits per heavy atom. The average molecular weight is 420 g/mol. The minimum absolute atomic E-state index is 0.0273. The van der Waals surface area contributed by atoms with Crippen LogP contribution in [0.15, 0.2) is 18.2 Å². The predicted octanol–water partition coefficient (Wildman–Crippen LogP) is 2.08. The van der Waals surface area contributed by atoms with Crippen LogP contribution in [0.3, 0.4) is 0 Å². The number of halogens is 1. The number of hydrogen-bond acceptors (Lipinski definition) is 5. The summed E-state index contributed by atoms with van der Waals surface area (Å²) in [5, 5.41) is 2.27. The third kappa shape index (κ3) is 5.76. The van der Waals surface area contributed by atoms with Crippen LogP contribution < -0.4 is 21.1 Å². The fourth-order valence-electron chi connectivity index (χ4n) is 3.44. The molecule has 1 aromatic rings. The van der Waals surface area contributed by atoms with Crippen LogP contribution in [0.4, 0.5) is 14.9 Å². The zero-order valence-electron chi connectivity index (χ0n) is 17.5. The molecule has 4 amide bonds. The fourth-order valence-corrected chi connectivity index (χ4v) is 3.44. The van der Waals surface area contributed by atoms with Crippen LogP contribution in [0.2, 0.25) is 0 Å². The molecule has 3 N–H and O–H groups in total. The summed E-state index contributed by atoms with van der Waals surface area (Å²) in [6, 6.07) is 4.47. The van der Waals surface area contributed by atoms with E-state index >= 15 is 0 Å². The summed E-state index contributed by atoms with van der Waals surface area (Å²) in [4.78, 5) is 37.8. The highest BCUT2D eigenvalue weighted by atomic mass is 19.1. The number of nitrogens with zero attached hydrogens (tertiary/aromatic N) is 2. The van der Waals surface area contributed by atoms with E-state index < -0.39 is 5.82 Å². The lowest BCUT2D eigenvalue weighted by molar-refractivity contribution is -0.119. The monoisotopic (exact) mass is 419 g/mol. The topological polar surface area (TPSA) is 93.8 Å². The first-order chi connectivity index (χ1) is 14.4. The molecule has 1 atom stereocenters. The van der Waals surface area contributed by atoms with Crippen LogP contribution in [-0.4, -0.2) is 49.4 Å². The van der Waals surface area contributed by atoms with E-state index in [1.54, 1.807) is 19.2 Å². The lowest BCUT2D eigenvalue weighted by Crippen LogP contribution is -2.35. The summed E-state index contributed by atoms with van der Waals surface area (Å²) in [7, 11) is 1.63. The van der Waals surface area contributed by atoms with Gasteiger partial charge in [0, 0.05) is 32.1 Å². The van der Waals surface area contributed by atoms with Gasteiger partial charge in [0.15, 0.2) is 0 Å². The lowest BCUT2D eigenvalue weighted by atomic mass is 10.1. The van der Waals surface area contributed by atoms with Crippen LogP contribution >= 0.6 is 0 Å². The van der Waals surface area contributed by atoms with Gasteiger partial charge in [-0.25, -0.2) is 9.18 Å². The highest BCUT2D eigenvalue weighted by molar-refractivity contribution is 6.01. The van der Waals surface area contributed by atoms with Gasteiger partial charge in [-0.2, -0.15) is 0 Å². The van der Waals surface area contributed by atoms with Gasteiger partial charge >= 0.3 is 6.03 Å². The fraction of sp³-hybridized carbons (Fsp3) is 0.571. The maximum absolute atomic E-state index is 14.2. The van der Waals surface area contributed by atoms with Gasteiger partial charge in [-0.05, 0) is 50.3 Å². The SMILES string of the molecule is CC(NNCCCCCN1CC(=O)NC1=O)c1ccc(F)c(N(C)C(=O)C2CC2)c1. The molecule has 0 radical (unpaired) electrons. The Kier molecular flexibility index (Phi) is 7.38. The Labute approximate surface area is 176 Å². The largest absolute Gasteiger partial charge is 0.324 e. The van der Waals surface area contributed by atoms with Gasteiger partial charge in [-0.1, -0.05) is 12.5 Å². The van der Waals surface area contributed by atoms with Crippen molar-refractivity contribution in [3.63, 3.8) is 0 Å². The number of benzene rings is 1. The first kappa shape index (κ1) is 22.2. The number of urea groups is 1. The maximum atomic E-state index is 14.2. The molecular formula is C21H30FN5O3. The molecule has 0 spiro atoms. The smallest absolute Gasteiger partial charge is 0.315 e. The quantitative estimate of drug-likeness (QED) is 0.290. The third-order valence-electron chi connectivity index (χ3n) is 5.51. The van der Waals surface area contributed by atoms with Crippen molar-refractivity contribution in [3.8, 4) is 0 Å². The van der Waals surface area contributed by atoms with Crippen molar-refractivity contribution in [1.29, 1.82) is 0 Å². The van der Waals surface area contributed by atoms with Crippen molar-refractivity contribution in [2.45, 2.75) is 45.1 Å². The molecule has 3 rings (SSSR count). The van der Waals surface area contributed by atoms with Gasteiger partial charge in [0.1, 0.15) is 12.4 Å². The molecule has 164 valence electrons. The van der Waals surface area contributed by atoms with E-state index in [2.05, 4.69) is 16.2 Å². The summed E-state index contributed by atoms with van der Waals surface area (Å²) in [6.07, 6.45) is 4.44. The number of imide groups is 1. The normalized spacial score (nSPS) is 17.2. The lowest BCUT2D eigenvalue weighted by Gasteiger charge is -2.21. The second-order valence-corrected chi connectivity index (χ2v) is 8.01. The van der Waals surface area contributed by atoms with Crippen molar-refractivity contribution >= 4 is 23.5 Å². The van der Waals surface area contributed by atoms with Gasteiger partial charge < -0.3 is 9.80 Å². The highest BCUT2D eigenvalue weighted by Gasteiger charge is 2.33. The second-order valence-electron chi connectivity index (χ2n) is 8.01. The molecule has 2 fully saturated rings. The van der Waals surface area contributed by atoms with E-state index in [9.17, 15) is 18.8 Å². The van der Waals surface area contributed by atoms with Crippen molar-refractivity contribution in [2.75, 3.05) is 31.6 Å². The van der Waals surface area contributed by atoms with Gasteiger partial charge in [-0.3, -0.25) is 25.8 Å². The van der Waals surface area contributed by atoms with E-state index in [4.69, 9.17) is 0 Å². The highest BCUT2D eigenvalue weighted by Crippen LogP contribution is 2.33. The minimum Gasteiger partial charge on any atom is -0.315 e. The van der Waals surface area contributed by atoms with E-state index in [1.165, 1.54) is 15.9 Å². The molecule has 1 saturated carbocycles. The zero-order chi connectivity index (χ0) is 21.7. The summed E-state index contributed by atoms with van der Waals surface area (Å²) in [5.74, 6) is -0.633. The van der Waals surface area contributed by atoms with Crippen LogP contribution in [0.1, 0.15) is 50.6 Å². The number of rotatable bonds is 11. The average Bonchev–Trinajstić information content (AvgIpc) is 3.51. The molecule has 2 aliphatic rings. The minimum atomic E-state index is -0.399. The Balaban J connectivity index is 1.37. The number of hydrazine groups is 1. The molecule has 1 saturated heterocycles. The van der Waals surface area contributed by atoms with E-state index in [0.29, 0.717) is 12.2 Å². The van der Waals surface area contributed by atoms with Gasteiger partial charge in [0.25, 0.3) is 0 Å². The van der Waals surface area contributed by atoms with E-state index in [0.717, 1.165) is 44.2 Å². The van der Waals surface area contributed by atoms with Crippen molar-refractivity contribution in [3.05, 3.63) is 29.6 Å². The number of nitrogens with one attached hydrogen (secondary N) is 3. The van der Waals surface area contributed by atoms with Crippen molar-refractivity contribution < 1.29 is 18.8 Å². The molecule has 1 heterocycles. The first-order valence-corrected chi connectivity index (χ1v) is 10.5. The van der Waals surface area contributed by atoms with Crippen molar-refractivity contribution in [2.24, 2.45) is 5.92 Å². The molecule has 8 nitrogen and oxygen atoms in total. The van der Waals surface area contributed by atoms with Crippen LogP contribution in [0.5, 0.6) is 0 Å². The van der Waals surface area contributed by atoms with Crippen LogP contribution in [-0.2, 0) is 9.59 Å². The standard InChI is InChI=1S/C21H30FN5O3/c1-14(25-23-10-4-3-5-11-27-13-19(28)24-21(27)30)16-8-9-17(22)18(12-16)26(2)20(29)15-6-7-15/h8-9,12,14-15,23,25H,3-7,10-11,13H2,1-2H3,(H,24,28,30). The molecular weight excluding hydrogens is 389 g/mol. The molecule has 0 bridgehead atoms. The molecule has 1 aliphatic carbocycles. The maximum Gasteiger partial charge on any atom is 0.324 e. The molecule has 1 unspecified atom stereocenters. The number of amides is 4. The number of anilines is 1. The number of carbonyl (C=O) groups excluding carboxylic acids is 3. The first-order valence-electron chi connectivity index (χ1n) is 10.5. The van der Waals surface area contributed by atoms with Crippen molar-refractivity contribution in [1.82, 2.24) is 21.1 Å². The van der Waals surface area contributed by atoms with Crippen LogP contribution in [0.25, 0.3) is 0 Å². The van der Waals surface area contributed by atoms with E-state index in [-0.39, 0.29) is 36.3 Å². The Morgan fingerprint density at radius 2 is 2.07 bits per heavy atom. The summed E-state index contributed by atoms with van der Waals surface area (Å²) >= 11 is 0. The molecule has 1 aliphatic heterocycles. The Bertz CT molecular complexity index is 799. The number of carbonyl (C=O) groups is 3. The number of unbranched alkanes of at least 4 members (excludes halogenated alkanes) is 2. The van der Waals surface area contributed by atoms with E-state index in [1.807, 2.05) is 6.92 Å². The molecule has 9 heteroatoms. The van der Waals surface area contributed by atoms with Gasteiger partial charge in [-0.15, -0.1) is 0 Å². The van der Waals surface area contributed by atoms with Crippen LogP contribution in [0, 0.1) is 11.7 Å².